The van der Waals surface area contributed by atoms with E-state index in [9.17, 15) is 0 Å². The predicted molar refractivity (Wildman–Crippen MR) is 81.5 cm³/mol. The van der Waals surface area contributed by atoms with Crippen molar-refractivity contribution in [1.29, 1.82) is 0 Å². The first-order valence-corrected chi connectivity index (χ1v) is 7.39. The Hall–Kier alpha value is -1.57. The number of nitrogens with zero attached hydrogens (tertiary/aromatic N) is 1. The molecule has 1 saturated carbocycles. The summed E-state index contributed by atoms with van der Waals surface area (Å²) in [7, 11) is 0. The van der Waals surface area contributed by atoms with Crippen LogP contribution < -0.4 is 5.32 Å². The maximum Gasteiger partial charge on any atom is 0.0725 e. The zero-order chi connectivity index (χ0) is 13.2. The van der Waals surface area contributed by atoms with Gasteiger partial charge in [-0.3, -0.25) is 4.98 Å². The van der Waals surface area contributed by atoms with Crippen molar-refractivity contribution in [2.24, 2.45) is 5.92 Å². The number of benzene rings is 1. The summed E-state index contributed by atoms with van der Waals surface area (Å²) in [4.78, 5) is 4.60. The number of hydrogen-bond donors (Lipinski definition) is 1. The Labute approximate surface area is 115 Å². The van der Waals surface area contributed by atoms with E-state index in [0.717, 1.165) is 17.1 Å². The highest BCUT2D eigenvalue weighted by molar-refractivity contribution is 5.91. The Morgan fingerprint density at radius 1 is 1.32 bits per heavy atom. The van der Waals surface area contributed by atoms with Gasteiger partial charge in [0.25, 0.3) is 0 Å². The molecule has 3 rings (SSSR count). The highest BCUT2D eigenvalue weighted by atomic mass is 14.9. The topological polar surface area (TPSA) is 24.9 Å². The van der Waals surface area contributed by atoms with E-state index >= 15 is 0 Å². The third-order valence-corrected chi connectivity index (χ3v) is 4.01. The second-order valence-corrected chi connectivity index (χ2v) is 5.76. The van der Waals surface area contributed by atoms with E-state index < -0.39 is 0 Å². The average Bonchev–Trinajstić information content (AvgIpc) is 3.21. The quantitative estimate of drug-likeness (QED) is 0.847. The molecule has 0 bridgehead atoms. The van der Waals surface area contributed by atoms with Crippen LogP contribution in [0.15, 0.2) is 30.3 Å². The normalized spacial score (nSPS) is 16.5. The fourth-order valence-corrected chi connectivity index (χ4v) is 2.73. The van der Waals surface area contributed by atoms with Gasteiger partial charge in [-0.05, 0) is 37.8 Å². The summed E-state index contributed by atoms with van der Waals surface area (Å²) >= 11 is 0. The number of pyridine rings is 1. The van der Waals surface area contributed by atoms with Crippen LogP contribution in [0.25, 0.3) is 10.9 Å². The van der Waals surface area contributed by atoms with Crippen LogP contribution >= 0.6 is 0 Å². The van der Waals surface area contributed by atoms with Crippen LogP contribution in [0.3, 0.4) is 0 Å². The number of nitrogens with one attached hydrogen (secondary N) is 1. The lowest BCUT2D eigenvalue weighted by atomic mass is 10.1. The molecular weight excluding hydrogens is 232 g/mol. The van der Waals surface area contributed by atoms with Gasteiger partial charge in [-0.1, -0.05) is 38.0 Å². The summed E-state index contributed by atoms with van der Waals surface area (Å²) in [5, 5.41) is 4.98. The molecule has 1 heterocycles. The van der Waals surface area contributed by atoms with E-state index in [-0.39, 0.29) is 0 Å². The van der Waals surface area contributed by atoms with E-state index in [4.69, 9.17) is 0 Å². The van der Waals surface area contributed by atoms with Gasteiger partial charge in [0.15, 0.2) is 0 Å². The Bertz CT molecular complexity index is 572. The van der Waals surface area contributed by atoms with E-state index in [0.29, 0.717) is 6.04 Å². The summed E-state index contributed by atoms with van der Waals surface area (Å²) < 4.78 is 0. The van der Waals surface area contributed by atoms with Crippen LogP contribution in [0.4, 0.5) is 5.69 Å². The van der Waals surface area contributed by atoms with Crippen LogP contribution in [0.1, 0.15) is 38.3 Å². The van der Waals surface area contributed by atoms with Crippen molar-refractivity contribution in [3.63, 3.8) is 0 Å². The highest BCUT2D eigenvalue weighted by Crippen LogP contribution is 2.35. The molecule has 1 aliphatic rings. The molecule has 0 saturated heterocycles. The van der Waals surface area contributed by atoms with Gasteiger partial charge < -0.3 is 5.32 Å². The van der Waals surface area contributed by atoms with Crippen molar-refractivity contribution in [2.45, 2.75) is 45.6 Å². The van der Waals surface area contributed by atoms with E-state index in [1.54, 1.807) is 0 Å². The molecule has 2 nitrogen and oxygen atoms in total. The number of rotatable bonds is 5. The SMILES string of the molecule is CCC(CC1CC1)Nc1cc(C)nc2ccccc12. The molecule has 0 radical (unpaired) electrons. The fraction of sp³-hybridized carbons (Fsp3) is 0.471. The van der Waals surface area contributed by atoms with Crippen molar-refractivity contribution < 1.29 is 0 Å². The number of para-hydroxylation sites is 1. The van der Waals surface area contributed by atoms with Crippen LogP contribution in [-0.2, 0) is 0 Å². The van der Waals surface area contributed by atoms with Gasteiger partial charge in [-0.25, -0.2) is 0 Å². The molecule has 1 aromatic carbocycles. The lowest BCUT2D eigenvalue weighted by Gasteiger charge is -2.19. The predicted octanol–water partition coefficient (Wildman–Crippen LogP) is 4.53. The van der Waals surface area contributed by atoms with Gasteiger partial charge in [0.05, 0.1) is 5.52 Å². The molecule has 100 valence electrons. The number of hydrogen-bond acceptors (Lipinski definition) is 2. The molecule has 1 aliphatic carbocycles. The summed E-state index contributed by atoms with van der Waals surface area (Å²) in [5.41, 5.74) is 3.42. The van der Waals surface area contributed by atoms with Gasteiger partial charge in [0, 0.05) is 22.8 Å². The zero-order valence-corrected chi connectivity index (χ0v) is 11.8. The zero-order valence-electron chi connectivity index (χ0n) is 11.8. The Morgan fingerprint density at radius 3 is 2.84 bits per heavy atom. The largest absolute Gasteiger partial charge is 0.382 e. The van der Waals surface area contributed by atoms with E-state index in [2.05, 4.69) is 54.5 Å². The standard InChI is InChI=1S/C17H22N2/c1-3-14(11-13-8-9-13)19-17-10-12(2)18-16-7-5-4-6-15(16)17/h4-7,10,13-14H,3,8-9,11H2,1-2H3,(H,18,19). The lowest BCUT2D eigenvalue weighted by molar-refractivity contribution is 0.587. The smallest absolute Gasteiger partial charge is 0.0725 e. The Morgan fingerprint density at radius 2 is 2.11 bits per heavy atom. The Balaban J connectivity index is 1.89. The molecular formula is C17H22N2. The molecule has 0 aliphatic heterocycles. The van der Waals surface area contributed by atoms with Gasteiger partial charge >= 0.3 is 0 Å². The van der Waals surface area contributed by atoms with Crippen LogP contribution in [0.2, 0.25) is 0 Å². The van der Waals surface area contributed by atoms with Crippen LogP contribution in [0.5, 0.6) is 0 Å². The van der Waals surface area contributed by atoms with Crippen molar-refractivity contribution in [3.05, 3.63) is 36.0 Å². The molecule has 2 aromatic rings. The lowest BCUT2D eigenvalue weighted by Crippen LogP contribution is -2.19. The average molecular weight is 254 g/mol. The number of anilines is 1. The molecule has 2 heteroatoms. The molecule has 1 unspecified atom stereocenters. The van der Waals surface area contributed by atoms with Gasteiger partial charge in [-0.2, -0.15) is 0 Å². The van der Waals surface area contributed by atoms with Crippen LogP contribution in [-0.4, -0.2) is 11.0 Å². The third kappa shape index (κ3) is 2.89. The summed E-state index contributed by atoms with van der Waals surface area (Å²) in [6.07, 6.45) is 5.35. The first-order valence-electron chi connectivity index (χ1n) is 7.39. The van der Waals surface area contributed by atoms with E-state index in [1.165, 1.54) is 36.8 Å². The van der Waals surface area contributed by atoms with Crippen molar-refractivity contribution in [3.8, 4) is 0 Å². The summed E-state index contributed by atoms with van der Waals surface area (Å²) in [6, 6.07) is 11.2. The first kappa shape index (κ1) is 12.5. The summed E-state index contributed by atoms with van der Waals surface area (Å²) in [5.74, 6) is 0.964. The van der Waals surface area contributed by atoms with Crippen molar-refractivity contribution in [1.82, 2.24) is 4.98 Å². The number of aryl methyl sites for hydroxylation is 1. The third-order valence-electron chi connectivity index (χ3n) is 4.01. The van der Waals surface area contributed by atoms with E-state index in [1.807, 2.05) is 0 Å². The Kier molecular flexibility index (Phi) is 3.41. The van der Waals surface area contributed by atoms with Crippen LogP contribution in [0, 0.1) is 12.8 Å². The second kappa shape index (κ2) is 5.20. The molecule has 0 amide bonds. The minimum absolute atomic E-state index is 0.595. The monoisotopic (exact) mass is 254 g/mol. The minimum atomic E-state index is 0.595. The molecule has 0 spiro atoms. The second-order valence-electron chi connectivity index (χ2n) is 5.76. The molecule has 1 N–H and O–H groups in total. The van der Waals surface area contributed by atoms with Crippen molar-refractivity contribution >= 4 is 16.6 Å². The molecule has 1 atom stereocenters. The van der Waals surface area contributed by atoms with Crippen molar-refractivity contribution in [2.75, 3.05) is 5.32 Å². The fourth-order valence-electron chi connectivity index (χ4n) is 2.73. The highest BCUT2D eigenvalue weighted by Gasteiger charge is 2.24. The minimum Gasteiger partial charge on any atom is -0.382 e. The number of fused-ring (bicyclic) bond motifs is 1. The van der Waals surface area contributed by atoms with Gasteiger partial charge in [0.2, 0.25) is 0 Å². The summed E-state index contributed by atoms with van der Waals surface area (Å²) in [6.45, 7) is 4.34. The maximum absolute atomic E-state index is 4.60. The molecule has 19 heavy (non-hydrogen) atoms. The maximum atomic E-state index is 4.60. The number of aromatic nitrogens is 1. The van der Waals surface area contributed by atoms with Gasteiger partial charge in [0.1, 0.15) is 0 Å². The molecule has 1 fully saturated rings. The molecule has 1 aromatic heterocycles. The van der Waals surface area contributed by atoms with Gasteiger partial charge in [-0.15, -0.1) is 0 Å². The first-order chi connectivity index (χ1) is 9.26.